The van der Waals surface area contributed by atoms with E-state index in [2.05, 4.69) is 6.92 Å². The second-order valence-electron chi connectivity index (χ2n) is 4.20. The van der Waals surface area contributed by atoms with E-state index in [1.165, 1.54) is 51.4 Å². The zero-order valence-corrected chi connectivity index (χ0v) is 9.80. The SMILES string of the molecule is CCC(CCCN)CCCCCCN. The first kappa shape index (κ1) is 13.9. The van der Waals surface area contributed by atoms with Gasteiger partial charge in [-0.3, -0.25) is 0 Å². The van der Waals surface area contributed by atoms with Crippen molar-refractivity contribution in [2.45, 2.75) is 58.3 Å². The first-order valence-corrected chi connectivity index (χ1v) is 6.25. The van der Waals surface area contributed by atoms with Gasteiger partial charge in [0.05, 0.1) is 0 Å². The van der Waals surface area contributed by atoms with Gasteiger partial charge < -0.3 is 11.5 Å². The van der Waals surface area contributed by atoms with E-state index in [9.17, 15) is 0 Å². The maximum Gasteiger partial charge on any atom is -0.00772 e. The van der Waals surface area contributed by atoms with Crippen molar-refractivity contribution in [1.29, 1.82) is 0 Å². The Hall–Kier alpha value is -0.0800. The summed E-state index contributed by atoms with van der Waals surface area (Å²) in [5.74, 6) is 0.913. The van der Waals surface area contributed by atoms with Gasteiger partial charge in [-0.05, 0) is 38.3 Å². The average Bonchev–Trinajstić information content (AvgIpc) is 2.22. The quantitative estimate of drug-likeness (QED) is 0.533. The normalized spacial score (nSPS) is 13.1. The minimum absolute atomic E-state index is 0.851. The molecule has 0 bridgehead atoms. The molecule has 0 aliphatic heterocycles. The van der Waals surface area contributed by atoms with Crippen molar-refractivity contribution in [3.05, 3.63) is 0 Å². The van der Waals surface area contributed by atoms with Gasteiger partial charge in [0.1, 0.15) is 0 Å². The Kier molecular flexibility index (Phi) is 10.9. The predicted octanol–water partition coefficient (Wildman–Crippen LogP) is 2.66. The van der Waals surface area contributed by atoms with E-state index in [-0.39, 0.29) is 0 Å². The summed E-state index contributed by atoms with van der Waals surface area (Å²) < 4.78 is 0. The third-order valence-electron chi connectivity index (χ3n) is 2.96. The van der Waals surface area contributed by atoms with E-state index >= 15 is 0 Å². The molecule has 0 aromatic carbocycles. The highest BCUT2D eigenvalue weighted by Gasteiger charge is 2.04. The van der Waals surface area contributed by atoms with Crippen molar-refractivity contribution >= 4 is 0 Å². The highest BCUT2D eigenvalue weighted by molar-refractivity contribution is 4.58. The summed E-state index contributed by atoms with van der Waals surface area (Å²) in [6.07, 6.45) is 10.5. The van der Waals surface area contributed by atoms with E-state index in [0.717, 1.165) is 19.0 Å². The second kappa shape index (κ2) is 11.0. The average molecular weight is 200 g/mol. The smallest absolute Gasteiger partial charge is 0.00772 e. The summed E-state index contributed by atoms with van der Waals surface area (Å²) in [7, 11) is 0. The molecule has 0 spiro atoms. The van der Waals surface area contributed by atoms with Crippen molar-refractivity contribution in [1.82, 2.24) is 0 Å². The maximum atomic E-state index is 5.51. The number of unbranched alkanes of at least 4 members (excludes halogenated alkanes) is 3. The molecule has 14 heavy (non-hydrogen) atoms. The fourth-order valence-corrected chi connectivity index (χ4v) is 1.89. The fourth-order valence-electron chi connectivity index (χ4n) is 1.89. The Morgan fingerprint density at radius 2 is 1.36 bits per heavy atom. The molecule has 0 aromatic heterocycles. The lowest BCUT2D eigenvalue weighted by Gasteiger charge is -2.13. The van der Waals surface area contributed by atoms with Crippen LogP contribution in [0.25, 0.3) is 0 Å². The summed E-state index contributed by atoms with van der Waals surface area (Å²) >= 11 is 0. The number of nitrogens with two attached hydrogens (primary N) is 2. The van der Waals surface area contributed by atoms with E-state index in [0.29, 0.717) is 0 Å². The molecule has 2 heteroatoms. The Morgan fingerprint density at radius 1 is 0.786 bits per heavy atom. The molecule has 0 aliphatic rings. The topological polar surface area (TPSA) is 52.0 Å². The van der Waals surface area contributed by atoms with Crippen molar-refractivity contribution in [2.24, 2.45) is 17.4 Å². The van der Waals surface area contributed by atoms with Crippen LogP contribution in [0.2, 0.25) is 0 Å². The first-order valence-electron chi connectivity index (χ1n) is 6.25. The minimum atomic E-state index is 0.851. The van der Waals surface area contributed by atoms with Gasteiger partial charge in [0.15, 0.2) is 0 Å². The Bertz CT molecular complexity index is 104. The van der Waals surface area contributed by atoms with Crippen molar-refractivity contribution < 1.29 is 0 Å². The predicted molar refractivity (Wildman–Crippen MR) is 64.2 cm³/mol. The molecule has 4 N–H and O–H groups in total. The zero-order valence-electron chi connectivity index (χ0n) is 9.80. The molecule has 86 valence electrons. The van der Waals surface area contributed by atoms with Crippen molar-refractivity contribution in [3.8, 4) is 0 Å². The van der Waals surface area contributed by atoms with Crippen molar-refractivity contribution in [3.63, 3.8) is 0 Å². The van der Waals surface area contributed by atoms with Crippen LogP contribution in [0.4, 0.5) is 0 Å². The number of rotatable bonds is 10. The fraction of sp³-hybridized carbons (Fsp3) is 1.00. The molecular weight excluding hydrogens is 172 g/mol. The lowest BCUT2D eigenvalue weighted by Crippen LogP contribution is -2.05. The zero-order chi connectivity index (χ0) is 10.6. The van der Waals surface area contributed by atoms with Crippen LogP contribution in [0.1, 0.15) is 58.3 Å². The van der Waals surface area contributed by atoms with Gasteiger partial charge in [0, 0.05) is 0 Å². The molecule has 0 heterocycles. The van der Waals surface area contributed by atoms with E-state index in [1.54, 1.807) is 0 Å². The largest absolute Gasteiger partial charge is 0.330 e. The highest BCUT2D eigenvalue weighted by atomic mass is 14.5. The van der Waals surface area contributed by atoms with Crippen LogP contribution in [-0.4, -0.2) is 13.1 Å². The van der Waals surface area contributed by atoms with Crippen LogP contribution in [-0.2, 0) is 0 Å². The molecule has 0 saturated carbocycles. The Morgan fingerprint density at radius 3 is 1.93 bits per heavy atom. The molecule has 0 saturated heterocycles. The molecule has 0 radical (unpaired) electrons. The molecule has 1 unspecified atom stereocenters. The molecule has 1 atom stereocenters. The van der Waals surface area contributed by atoms with E-state index in [1.807, 2.05) is 0 Å². The van der Waals surface area contributed by atoms with Gasteiger partial charge in [0.25, 0.3) is 0 Å². The van der Waals surface area contributed by atoms with Gasteiger partial charge in [-0.15, -0.1) is 0 Å². The van der Waals surface area contributed by atoms with Crippen LogP contribution in [0.5, 0.6) is 0 Å². The molecule has 0 aliphatic carbocycles. The summed E-state index contributed by atoms with van der Waals surface area (Å²) in [4.78, 5) is 0. The van der Waals surface area contributed by atoms with Crippen LogP contribution in [0.3, 0.4) is 0 Å². The van der Waals surface area contributed by atoms with E-state index in [4.69, 9.17) is 11.5 Å². The first-order chi connectivity index (χ1) is 6.85. The monoisotopic (exact) mass is 200 g/mol. The minimum Gasteiger partial charge on any atom is -0.330 e. The lowest BCUT2D eigenvalue weighted by molar-refractivity contribution is 0.405. The van der Waals surface area contributed by atoms with E-state index < -0.39 is 0 Å². The molecule has 2 nitrogen and oxygen atoms in total. The molecular formula is C12H28N2. The molecule has 0 amide bonds. The number of hydrogen-bond acceptors (Lipinski definition) is 2. The van der Waals surface area contributed by atoms with Crippen LogP contribution in [0, 0.1) is 5.92 Å². The maximum absolute atomic E-state index is 5.51. The summed E-state index contributed by atoms with van der Waals surface area (Å²) in [5.41, 5.74) is 11.0. The highest BCUT2D eigenvalue weighted by Crippen LogP contribution is 2.18. The van der Waals surface area contributed by atoms with Gasteiger partial charge in [-0.1, -0.05) is 39.0 Å². The molecule has 0 aromatic rings. The number of hydrogen-bond donors (Lipinski definition) is 2. The Labute approximate surface area is 89.4 Å². The van der Waals surface area contributed by atoms with Crippen LogP contribution in [0.15, 0.2) is 0 Å². The van der Waals surface area contributed by atoms with Gasteiger partial charge in [-0.2, -0.15) is 0 Å². The standard InChI is InChI=1S/C12H28N2/c1-2-12(9-7-11-14)8-5-3-4-6-10-13/h12H,2-11,13-14H2,1H3. The third kappa shape index (κ3) is 8.52. The third-order valence-corrected chi connectivity index (χ3v) is 2.96. The molecule has 0 rings (SSSR count). The summed E-state index contributed by atoms with van der Waals surface area (Å²) in [6.45, 7) is 4.00. The van der Waals surface area contributed by atoms with Crippen LogP contribution < -0.4 is 11.5 Å². The summed E-state index contributed by atoms with van der Waals surface area (Å²) in [5, 5.41) is 0. The summed E-state index contributed by atoms with van der Waals surface area (Å²) in [6, 6.07) is 0. The van der Waals surface area contributed by atoms with Gasteiger partial charge >= 0.3 is 0 Å². The van der Waals surface area contributed by atoms with Crippen LogP contribution >= 0.6 is 0 Å². The second-order valence-corrected chi connectivity index (χ2v) is 4.20. The molecule has 0 fully saturated rings. The van der Waals surface area contributed by atoms with Gasteiger partial charge in [0.2, 0.25) is 0 Å². The Balaban J connectivity index is 3.24. The van der Waals surface area contributed by atoms with Gasteiger partial charge in [-0.25, -0.2) is 0 Å². The van der Waals surface area contributed by atoms with Crippen molar-refractivity contribution in [2.75, 3.05) is 13.1 Å². The lowest BCUT2D eigenvalue weighted by atomic mass is 9.93.